The van der Waals surface area contributed by atoms with Crippen LogP contribution in [0.3, 0.4) is 0 Å². The minimum absolute atomic E-state index is 0.0577. The molecule has 1 fully saturated rings. The van der Waals surface area contributed by atoms with Crippen LogP contribution >= 0.6 is 0 Å². The number of ether oxygens (including phenoxy) is 1. The summed E-state index contributed by atoms with van der Waals surface area (Å²) in [7, 11) is 0. The normalized spacial score (nSPS) is 15.0. The molecule has 23 heavy (non-hydrogen) atoms. The number of nitrogens with one attached hydrogen (secondary N) is 1. The number of rotatable bonds is 5. The summed E-state index contributed by atoms with van der Waals surface area (Å²) in [5.41, 5.74) is -0.271. The van der Waals surface area contributed by atoms with Crippen LogP contribution in [0.1, 0.15) is 12.0 Å². The van der Waals surface area contributed by atoms with Gasteiger partial charge in [-0.1, -0.05) is 6.07 Å². The molecule has 0 aromatic heterocycles. The quantitative estimate of drug-likeness (QED) is 0.832. The highest BCUT2D eigenvalue weighted by molar-refractivity contribution is 5.92. The Hall–Kier alpha value is -2.28. The summed E-state index contributed by atoms with van der Waals surface area (Å²) in [6.07, 6.45) is 2.29. The smallest absolute Gasteiger partial charge is 0.244 e. The largest absolute Gasteiger partial charge is 0.378 e. The molecule has 1 heterocycles. The fourth-order valence-corrected chi connectivity index (χ4v) is 2.15. The summed E-state index contributed by atoms with van der Waals surface area (Å²) in [6.45, 7) is 2.32. The highest BCUT2D eigenvalue weighted by Crippen LogP contribution is 2.13. The number of carbonyl (C=O) groups excluding carboxylic acids is 2. The zero-order valence-corrected chi connectivity index (χ0v) is 12.6. The molecule has 0 bridgehead atoms. The van der Waals surface area contributed by atoms with Gasteiger partial charge in [0.2, 0.25) is 11.8 Å². The van der Waals surface area contributed by atoms with Crippen LogP contribution in [-0.2, 0) is 14.3 Å². The topological polar surface area (TPSA) is 58.6 Å². The van der Waals surface area contributed by atoms with Crippen molar-refractivity contribution in [2.24, 2.45) is 0 Å². The number of hydrogen-bond donors (Lipinski definition) is 1. The Morgan fingerprint density at radius 3 is 2.52 bits per heavy atom. The maximum Gasteiger partial charge on any atom is 0.244 e. The Balaban J connectivity index is 1.76. The van der Waals surface area contributed by atoms with E-state index in [1.165, 1.54) is 6.07 Å². The molecule has 7 heteroatoms. The lowest BCUT2D eigenvalue weighted by atomic mass is 10.2. The van der Waals surface area contributed by atoms with Crippen molar-refractivity contribution in [1.29, 1.82) is 0 Å². The molecule has 124 valence electrons. The number of benzene rings is 1. The van der Waals surface area contributed by atoms with Crippen LogP contribution in [0.2, 0.25) is 0 Å². The van der Waals surface area contributed by atoms with Gasteiger partial charge < -0.3 is 15.0 Å². The van der Waals surface area contributed by atoms with Gasteiger partial charge in [0.15, 0.2) is 0 Å². The Morgan fingerprint density at radius 2 is 1.87 bits per heavy atom. The molecular weight excluding hydrogens is 306 g/mol. The van der Waals surface area contributed by atoms with E-state index < -0.39 is 17.5 Å². The van der Waals surface area contributed by atoms with Crippen LogP contribution in [-0.4, -0.2) is 49.6 Å². The third-order valence-electron chi connectivity index (χ3n) is 3.40. The van der Waals surface area contributed by atoms with Gasteiger partial charge >= 0.3 is 0 Å². The maximum absolute atomic E-state index is 13.4. The molecule has 2 rings (SSSR count). The van der Waals surface area contributed by atoms with E-state index in [-0.39, 0.29) is 24.4 Å². The monoisotopic (exact) mass is 324 g/mol. The second-order valence-electron chi connectivity index (χ2n) is 5.00. The average Bonchev–Trinajstić information content (AvgIpc) is 2.55. The van der Waals surface area contributed by atoms with Crippen LogP contribution in [0.15, 0.2) is 24.3 Å². The predicted octanol–water partition coefficient (Wildman–Crippen LogP) is 1.34. The van der Waals surface area contributed by atoms with Gasteiger partial charge in [-0.15, -0.1) is 0 Å². The van der Waals surface area contributed by atoms with Gasteiger partial charge in [-0.2, -0.15) is 0 Å². The van der Waals surface area contributed by atoms with Crippen molar-refractivity contribution in [2.75, 3.05) is 32.8 Å². The molecule has 0 unspecified atom stereocenters. The van der Waals surface area contributed by atoms with Crippen LogP contribution in [0.25, 0.3) is 6.08 Å². The molecule has 2 amide bonds. The predicted molar refractivity (Wildman–Crippen MR) is 80.4 cm³/mol. The highest BCUT2D eigenvalue weighted by Gasteiger charge is 2.16. The summed E-state index contributed by atoms with van der Waals surface area (Å²) in [6, 6.07) is 3.47. The molecule has 1 N–H and O–H groups in total. The lowest BCUT2D eigenvalue weighted by Gasteiger charge is -2.26. The molecule has 1 saturated heterocycles. The molecule has 0 atom stereocenters. The first-order valence-corrected chi connectivity index (χ1v) is 7.33. The second-order valence-corrected chi connectivity index (χ2v) is 5.00. The first-order valence-electron chi connectivity index (χ1n) is 7.33. The highest BCUT2D eigenvalue weighted by atomic mass is 19.1. The molecular formula is C16H18F2N2O3. The van der Waals surface area contributed by atoms with E-state index in [4.69, 9.17) is 4.74 Å². The molecule has 1 aromatic rings. The van der Waals surface area contributed by atoms with Gasteiger partial charge in [-0.05, 0) is 18.2 Å². The number of morpholine rings is 1. The Labute approximate surface area is 132 Å². The summed E-state index contributed by atoms with van der Waals surface area (Å²) in [4.78, 5) is 25.1. The number of nitrogens with zero attached hydrogens (tertiary/aromatic N) is 1. The van der Waals surface area contributed by atoms with Crippen molar-refractivity contribution in [3.05, 3.63) is 41.5 Å². The molecule has 1 aliphatic heterocycles. The first-order chi connectivity index (χ1) is 11.1. The van der Waals surface area contributed by atoms with E-state index in [0.717, 1.165) is 24.3 Å². The van der Waals surface area contributed by atoms with Crippen molar-refractivity contribution in [3.8, 4) is 0 Å². The second kappa shape index (κ2) is 8.38. The number of amides is 2. The van der Waals surface area contributed by atoms with Gasteiger partial charge in [-0.3, -0.25) is 9.59 Å². The van der Waals surface area contributed by atoms with E-state index in [1.807, 2.05) is 0 Å². The van der Waals surface area contributed by atoms with Crippen LogP contribution in [0, 0.1) is 11.6 Å². The van der Waals surface area contributed by atoms with Crippen molar-refractivity contribution in [2.45, 2.75) is 6.42 Å². The van der Waals surface area contributed by atoms with E-state index >= 15 is 0 Å². The minimum atomic E-state index is -0.739. The maximum atomic E-state index is 13.4. The van der Waals surface area contributed by atoms with E-state index in [2.05, 4.69) is 5.32 Å². The third kappa shape index (κ3) is 5.14. The van der Waals surface area contributed by atoms with Crippen molar-refractivity contribution >= 4 is 17.9 Å². The van der Waals surface area contributed by atoms with Gasteiger partial charge in [0.05, 0.1) is 13.2 Å². The van der Waals surface area contributed by atoms with Crippen LogP contribution in [0.5, 0.6) is 0 Å². The Kier molecular flexibility index (Phi) is 6.22. The Bertz CT molecular complexity index is 579. The summed E-state index contributed by atoms with van der Waals surface area (Å²) in [5, 5.41) is 2.51. The number of halogens is 2. The first kappa shape index (κ1) is 17.1. The summed E-state index contributed by atoms with van der Waals surface area (Å²) >= 11 is 0. The zero-order chi connectivity index (χ0) is 16.7. The Morgan fingerprint density at radius 1 is 1.22 bits per heavy atom. The molecule has 0 aliphatic carbocycles. The lowest BCUT2D eigenvalue weighted by molar-refractivity contribution is -0.135. The van der Waals surface area contributed by atoms with Crippen LogP contribution < -0.4 is 5.32 Å². The molecule has 1 aliphatic rings. The molecule has 0 spiro atoms. The van der Waals surface area contributed by atoms with Crippen LogP contribution in [0.4, 0.5) is 8.78 Å². The van der Waals surface area contributed by atoms with Gasteiger partial charge in [0.25, 0.3) is 0 Å². The number of hydrogen-bond acceptors (Lipinski definition) is 3. The lowest BCUT2D eigenvalue weighted by Crippen LogP contribution is -2.41. The average molecular weight is 324 g/mol. The summed E-state index contributed by atoms with van der Waals surface area (Å²) < 4.78 is 31.9. The van der Waals surface area contributed by atoms with Crippen molar-refractivity contribution in [1.82, 2.24) is 10.2 Å². The minimum Gasteiger partial charge on any atom is -0.378 e. The fourth-order valence-electron chi connectivity index (χ4n) is 2.15. The van der Waals surface area contributed by atoms with E-state index in [1.54, 1.807) is 4.90 Å². The SMILES string of the molecule is O=C(/C=C\c1c(F)cccc1F)NCCC(=O)N1CCOCC1. The third-order valence-corrected chi connectivity index (χ3v) is 3.40. The van der Waals surface area contributed by atoms with Crippen molar-refractivity contribution in [3.63, 3.8) is 0 Å². The van der Waals surface area contributed by atoms with E-state index in [0.29, 0.717) is 26.3 Å². The zero-order valence-electron chi connectivity index (χ0n) is 12.6. The van der Waals surface area contributed by atoms with Gasteiger partial charge in [-0.25, -0.2) is 8.78 Å². The number of carbonyl (C=O) groups is 2. The van der Waals surface area contributed by atoms with E-state index in [9.17, 15) is 18.4 Å². The molecule has 5 nitrogen and oxygen atoms in total. The van der Waals surface area contributed by atoms with Gasteiger partial charge in [0.1, 0.15) is 11.6 Å². The standard InChI is InChI=1S/C16H18F2N2O3/c17-13-2-1-3-14(18)12(13)4-5-15(21)19-7-6-16(22)20-8-10-23-11-9-20/h1-5H,6-11H2,(H,19,21)/b5-4-. The molecule has 0 radical (unpaired) electrons. The van der Waals surface area contributed by atoms with Crippen molar-refractivity contribution < 1.29 is 23.1 Å². The summed E-state index contributed by atoms with van der Waals surface area (Å²) in [5.74, 6) is -2.05. The molecule has 1 aromatic carbocycles. The fraction of sp³-hybridized carbons (Fsp3) is 0.375. The molecule has 0 saturated carbocycles. The van der Waals surface area contributed by atoms with Gasteiger partial charge in [0, 0.05) is 37.7 Å².